The zero-order valence-corrected chi connectivity index (χ0v) is 12.2. The van der Waals surface area contributed by atoms with E-state index in [1.54, 1.807) is 31.5 Å². The van der Waals surface area contributed by atoms with Crippen LogP contribution in [0.2, 0.25) is 0 Å². The van der Waals surface area contributed by atoms with Crippen molar-refractivity contribution in [3.63, 3.8) is 0 Å². The van der Waals surface area contributed by atoms with Crippen molar-refractivity contribution in [2.75, 3.05) is 19.6 Å². The predicted octanol–water partition coefficient (Wildman–Crippen LogP) is 3.45. The summed E-state index contributed by atoms with van der Waals surface area (Å²) in [6, 6.07) is 5.28. The first-order valence-electron chi connectivity index (χ1n) is 6.34. The monoisotopic (exact) mass is 293 g/mol. The second-order valence-electron chi connectivity index (χ2n) is 4.33. The predicted molar refractivity (Wildman–Crippen MR) is 79.1 cm³/mol. The van der Waals surface area contributed by atoms with E-state index in [-0.39, 0.29) is 5.78 Å². The van der Waals surface area contributed by atoms with Crippen molar-refractivity contribution in [3.05, 3.63) is 30.0 Å². The Hall–Kier alpha value is -1.81. The molecule has 0 saturated heterocycles. The summed E-state index contributed by atoms with van der Waals surface area (Å²) in [5, 5.41) is 0.765. The van der Waals surface area contributed by atoms with Crippen LogP contribution in [0.4, 0.5) is 0 Å². The highest BCUT2D eigenvalue weighted by atomic mass is 35.5. The summed E-state index contributed by atoms with van der Waals surface area (Å²) < 4.78 is 11.0. The Morgan fingerprint density at radius 1 is 1.35 bits per heavy atom. The number of rotatable bonds is 6. The number of ether oxygens (including phenoxy) is 2. The molecule has 2 aromatic rings. The quantitative estimate of drug-likeness (QED) is 0.465. The Bertz CT molecular complexity index is 628. The van der Waals surface area contributed by atoms with Crippen LogP contribution in [0.5, 0.6) is 11.5 Å². The van der Waals surface area contributed by atoms with Crippen molar-refractivity contribution >= 4 is 28.3 Å². The lowest BCUT2D eigenvalue weighted by Crippen LogP contribution is -2.01. The number of halogens is 1. The van der Waals surface area contributed by atoms with E-state index in [2.05, 4.69) is 4.98 Å². The van der Waals surface area contributed by atoms with Gasteiger partial charge in [0.1, 0.15) is 0 Å². The largest absolute Gasteiger partial charge is 0.493 e. The Morgan fingerprint density at radius 3 is 2.80 bits per heavy atom. The molecular formula is C15H16ClNO3. The number of hydrogen-bond acceptors (Lipinski definition) is 4. The van der Waals surface area contributed by atoms with Gasteiger partial charge in [0.05, 0.1) is 19.2 Å². The molecule has 0 fully saturated rings. The van der Waals surface area contributed by atoms with E-state index in [0.717, 1.165) is 11.8 Å². The number of alkyl halides is 1. The van der Waals surface area contributed by atoms with Gasteiger partial charge in [-0.1, -0.05) is 0 Å². The molecule has 1 heterocycles. The smallest absolute Gasteiger partial charge is 0.163 e. The molecule has 0 saturated carbocycles. The van der Waals surface area contributed by atoms with Gasteiger partial charge in [-0.3, -0.25) is 9.78 Å². The fraction of sp³-hybridized carbons (Fsp3) is 0.333. The Kier molecular flexibility index (Phi) is 4.79. The standard InChI is InChI=1S/C15H16ClNO3/c1-10(18)11-4-6-17-13-9-15(20-7-3-5-16)14(19-2)8-12(11)13/h4,6,8-9H,3,5,7H2,1-2H3. The number of Topliss-reactive ketones (excluding diaryl/α,β-unsaturated/α-hetero) is 1. The molecule has 0 bridgehead atoms. The molecule has 0 N–H and O–H groups in total. The number of fused-ring (bicyclic) bond motifs is 1. The van der Waals surface area contributed by atoms with Crippen LogP contribution in [0.1, 0.15) is 23.7 Å². The second kappa shape index (κ2) is 6.57. The lowest BCUT2D eigenvalue weighted by atomic mass is 10.1. The van der Waals surface area contributed by atoms with Crippen LogP contribution in [0, 0.1) is 0 Å². The molecule has 1 aromatic carbocycles. The highest BCUT2D eigenvalue weighted by molar-refractivity contribution is 6.17. The maximum atomic E-state index is 11.6. The SMILES string of the molecule is COc1cc2c(C(C)=O)ccnc2cc1OCCCCl. The molecule has 20 heavy (non-hydrogen) atoms. The summed E-state index contributed by atoms with van der Waals surface area (Å²) >= 11 is 5.63. The van der Waals surface area contributed by atoms with Gasteiger partial charge in [0.25, 0.3) is 0 Å². The van der Waals surface area contributed by atoms with Crippen LogP contribution in [0.25, 0.3) is 10.9 Å². The van der Waals surface area contributed by atoms with Crippen molar-refractivity contribution < 1.29 is 14.3 Å². The lowest BCUT2D eigenvalue weighted by molar-refractivity contribution is 0.101. The third kappa shape index (κ3) is 3.02. The molecule has 1 aromatic heterocycles. The van der Waals surface area contributed by atoms with E-state index < -0.39 is 0 Å². The minimum Gasteiger partial charge on any atom is -0.493 e. The molecule has 106 valence electrons. The van der Waals surface area contributed by atoms with Gasteiger partial charge in [-0.15, -0.1) is 11.6 Å². The number of aromatic nitrogens is 1. The Labute approximate surface area is 122 Å². The summed E-state index contributed by atoms with van der Waals surface area (Å²) in [7, 11) is 1.57. The first-order chi connectivity index (χ1) is 9.67. The molecule has 0 spiro atoms. The summed E-state index contributed by atoms with van der Waals surface area (Å²) in [6.45, 7) is 2.05. The topological polar surface area (TPSA) is 48.4 Å². The first-order valence-corrected chi connectivity index (χ1v) is 6.87. The number of carbonyl (C=O) groups excluding carboxylic acids is 1. The van der Waals surface area contributed by atoms with Crippen molar-refractivity contribution in [3.8, 4) is 11.5 Å². The number of carbonyl (C=O) groups is 1. The number of pyridine rings is 1. The van der Waals surface area contributed by atoms with E-state index in [9.17, 15) is 4.79 Å². The van der Waals surface area contributed by atoms with Gasteiger partial charge in [0, 0.05) is 29.1 Å². The van der Waals surface area contributed by atoms with Crippen LogP contribution >= 0.6 is 11.6 Å². The van der Waals surface area contributed by atoms with Crippen molar-refractivity contribution in [2.24, 2.45) is 0 Å². The van der Waals surface area contributed by atoms with Crippen LogP contribution in [0.3, 0.4) is 0 Å². The molecule has 0 aliphatic rings. The zero-order chi connectivity index (χ0) is 14.5. The Balaban J connectivity index is 2.48. The van der Waals surface area contributed by atoms with Crippen molar-refractivity contribution in [2.45, 2.75) is 13.3 Å². The minimum atomic E-state index is -0.00439. The average molecular weight is 294 g/mol. The normalized spacial score (nSPS) is 10.6. The molecule has 0 aliphatic carbocycles. The summed E-state index contributed by atoms with van der Waals surface area (Å²) in [6.07, 6.45) is 2.37. The van der Waals surface area contributed by atoms with Crippen LogP contribution in [-0.2, 0) is 0 Å². The molecule has 0 unspecified atom stereocenters. The third-order valence-corrected chi connectivity index (χ3v) is 3.21. The first kappa shape index (κ1) is 14.6. The average Bonchev–Trinajstić information content (AvgIpc) is 2.45. The van der Waals surface area contributed by atoms with Gasteiger partial charge in [0.2, 0.25) is 0 Å². The van der Waals surface area contributed by atoms with E-state index in [4.69, 9.17) is 21.1 Å². The number of nitrogens with zero attached hydrogens (tertiary/aromatic N) is 1. The van der Waals surface area contributed by atoms with E-state index >= 15 is 0 Å². The molecule has 2 rings (SSSR count). The van der Waals surface area contributed by atoms with Crippen molar-refractivity contribution in [1.29, 1.82) is 0 Å². The molecule has 4 nitrogen and oxygen atoms in total. The van der Waals surface area contributed by atoms with E-state index in [1.807, 2.05) is 0 Å². The molecule has 0 radical (unpaired) electrons. The third-order valence-electron chi connectivity index (χ3n) is 2.94. The van der Waals surface area contributed by atoms with Gasteiger partial charge in [-0.25, -0.2) is 0 Å². The number of ketones is 1. The molecule has 0 aliphatic heterocycles. The van der Waals surface area contributed by atoms with Crippen LogP contribution in [-0.4, -0.2) is 30.4 Å². The summed E-state index contributed by atoms with van der Waals surface area (Å²) in [5.74, 6) is 1.74. The fourth-order valence-electron chi connectivity index (χ4n) is 1.97. The Morgan fingerprint density at radius 2 is 2.15 bits per heavy atom. The molecule has 5 heteroatoms. The van der Waals surface area contributed by atoms with E-state index in [0.29, 0.717) is 35.1 Å². The van der Waals surface area contributed by atoms with Gasteiger partial charge in [-0.2, -0.15) is 0 Å². The number of benzene rings is 1. The maximum absolute atomic E-state index is 11.6. The molecule has 0 amide bonds. The minimum absolute atomic E-state index is 0.00439. The van der Waals surface area contributed by atoms with E-state index in [1.165, 1.54) is 6.92 Å². The highest BCUT2D eigenvalue weighted by Crippen LogP contribution is 2.33. The lowest BCUT2D eigenvalue weighted by Gasteiger charge is -2.12. The number of methoxy groups -OCH3 is 1. The van der Waals surface area contributed by atoms with Crippen LogP contribution in [0.15, 0.2) is 24.4 Å². The van der Waals surface area contributed by atoms with Crippen molar-refractivity contribution in [1.82, 2.24) is 4.98 Å². The van der Waals surface area contributed by atoms with Gasteiger partial charge >= 0.3 is 0 Å². The molecular weight excluding hydrogens is 278 g/mol. The zero-order valence-electron chi connectivity index (χ0n) is 11.5. The summed E-state index contributed by atoms with van der Waals surface area (Å²) in [5.41, 5.74) is 1.33. The van der Waals surface area contributed by atoms with Crippen LogP contribution < -0.4 is 9.47 Å². The molecule has 0 atom stereocenters. The number of hydrogen-bond donors (Lipinski definition) is 0. The highest BCUT2D eigenvalue weighted by Gasteiger charge is 2.12. The fourth-order valence-corrected chi connectivity index (χ4v) is 2.08. The maximum Gasteiger partial charge on any atom is 0.163 e. The van der Waals surface area contributed by atoms with Gasteiger partial charge < -0.3 is 9.47 Å². The second-order valence-corrected chi connectivity index (χ2v) is 4.70. The van der Waals surface area contributed by atoms with Gasteiger partial charge in [-0.05, 0) is 25.5 Å². The van der Waals surface area contributed by atoms with Gasteiger partial charge in [0.15, 0.2) is 17.3 Å². The summed E-state index contributed by atoms with van der Waals surface area (Å²) in [4.78, 5) is 15.9.